The van der Waals surface area contributed by atoms with Crippen LogP contribution in [0.1, 0.15) is 5.69 Å². The maximum atomic E-state index is 9.26. The zero-order valence-corrected chi connectivity index (χ0v) is 10.2. The number of nitrogens with zero attached hydrogens (tertiary/aromatic N) is 3. The lowest BCUT2D eigenvalue weighted by Crippen LogP contribution is -1.90. The Morgan fingerprint density at radius 1 is 1.29 bits per heavy atom. The minimum Gasteiger partial charge on any atom is -0.463 e. The van der Waals surface area contributed by atoms with Gasteiger partial charge in [-0.15, -0.1) is 0 Å². The highest BCUT2D eigenvalue weighted by Crippen LogP contribution is 2.26. The maximum absolute atomic E-state index is 9.26. The lowest BCUT2D eigenvalue weighted by molar-refractivity contribution is 0.580. The third-order valence-electron chi connectivity index (χ3n) is 2.46. The molecule has 0 aromatic carbocycles. The molecule has 3 rings (SSSR count). The van der Waals surface area contributed by atoms with Gasteiger partial charge in [0.15, 0.2) is 11.5 Å². The highest BCUT2D eigenvalue weighted by Gasteiger charge is 2.16. The van der Waals surface area contributed by atoms with Gasteiger partial charge in [-0.2, -0.15) is 5.26 Å². The number of nitriles is 1. The van der Waals surface area contributed by atoms with Crippen LogP contribution < -0.4 is 0 Å². The Bertz CT molecular complexity index is 722. The molecule has 17 heavy (non-hydrogen) atoms. The fourth-order valence-corrected chi connectivity index (χ4v) is 2.25. The van der Waals surface area contributed by atoms with Crippen LogP contribution in [0.5, 0.6) is 0 Å². The van der Waals surface area contributed by atoms with Crippen molar-refractivity contribution in [3.8, 4) is 17.5 Å². The lowest BCUT2D eigenvalue weighted by atomic mass is 10.3. The standard InChI is InChI=1S/C12H6BrN3O/c13-10-4-1-5-11-15-12(8(7-14)16(10)11)9-3-2-6-17-9/h1-6H. The molecular weight excluding hydrogens is 282 g/mol. The van der Waals surface area contributed by atoms with Crippen molar-refractivity contribution in [3.05, 3.63) is 46.9 Å². The Labute approximate surface area is 105 Å². The van der Waals surface area contributed by atoms with Crippen LogP contribution in [0.25, 0.3) is 17.1 Å². The average Bonchev–Trinajstić information content (AvgIpc) is 2.95. The van der Waals surface area contributed by atoms with E-state index in [1.807, 2.05) is 18.2 Å². The summed E-state index contributed by atoms with van der Waals surface area (Å²) in [5.41, 5.74) is 1.73. The SMILES string of the molecule is N#Cc1c(-c2ccco2)nc2cccc(Br)n12. The van der Waals surface area contributed by atoms with Gasteiger partial charge < -0.3 is 4.42 Å². The lowest BCUT2D eigenvalue weighted by Gasteiger charge is -1.97. The van der Waals surface area contributed by atoms with Gasteiger partial charge in [0.05, 0.1) is 10.9 Å². The summed E-state index contributed by atoms with van der Waals surface area (Å²) >= 11 is 3.41. The first-order valence-corrected chi connectivity index (χ1v) is 5.71. The molecule has 0 N–H and O–H groups in total. The number of rotatable bonds is 1. The second kappa shape index (κ2) is 3.75. The van der Waals surface area contributed by atoms with Crippen LogP contribution in [0.2, 0.25) is 0 Å². The molecule has 0 saturated heterocycles. The molecule has 0 spiro atoms. The summed E-state index contributed by atoms with van der Waals surface area (Å²) in [4.78, 5) is 4.40. The van der Waals surface area contributed by atoms with E-state index in [0.29, 0.717) is 22.8 Å². The van der Waals surface area contributed by atoms with Gasteiger partial charge in [0.1, 0.15) is 17.4 Å². The molecule has 3 heterocycles. The van der Waals surface area contributed by atoms with Crippen LogP contribution in [0.4, 0.5) is 0 Å². The highest BCUT2D eigenvalue weighted by molar-refractivity contribution is 9.10. The number of halogens is 1. The number of aromatic nitrogens is 2. The first-order chi connectivity index (χ1) is 8.31. The first kappa shape index (κ1) is 10.1. The maximum Gasteiger partial charge on any atom is 0.156 e. The summed E-state index contributed by atoms with van der Waals surface area (Å²) in [5.74, 6) is 0.595. The molecule has 0 radical (unpaired) electrons. The monoisotopic (exact) mass is 287 g/mol. The van der Waals surface area contributed by atoms with E-state index >= 15 is 0 Å². The van der Waals surface area contributed by atoms with E-state index in [9.17, 15) is 5.26 Å². The third kappa shape index (κ3) is 1.46. The molecule has 0 unspecified atom stereocenters. The Balaban J connectivity index is 2.42. The number of pyridine rings is 1. The van der Waals surface area contributed by atoms with Crippen molar-refractivity contribution in [2.24, 2.45) is 0 Å². The Kier molecular flexibility index (Phi) is 2.23. The third-order valence-corrected chi connectivity index (χ3v) is 3.08. The van der Waals surface area contributed by atoms with Gasteiger partial charge in [0.2, 0.25) is 0 Å². The zero-order valence-electron chi connectivity index (χ0n) is 8.59. The molecule has 82 valence electrons. The van der Waals surface area contributed by atoms with E-state index in [1.165, 1.54) is 0 Å². The van der Waals surface area contributed by atoms with Gasteiger partial charge in [-0.3, -0.25) is 4.40 Å². The summed E-state index contributed by atoms with van der Waals surface area (Å²) in [6.07, 6.45) is 1.57. The molecule has 0 amide bonds. The van der Waals surface area contributed by atoms with E-state index in [4.69, 9.17) is 4.42 Å². The van der Waals surface area contributed by atoms with Crippen LogP contribution in [0.15, 0.2) is 45.6 Å². The van der Waals surface area contributed by atoms with E-state index in [0.717, 1.165) is 4.60 Å². The van der Waals surface area contributed by atoms with Gasteiger partial charge in [0, 0.05) is 0 Å². The zero-order chi connectivity index (χ0) is 11.8. The molecule has 3 aromatic heterocycles. The van der Waals surface area contributed by atoms with Crippen molar-refractivity contribution >= 4 is 21.6 Å². The van der Waals surface area contributed by atoms with Gasteiger partial charge >= 0.3 is 0 Å². The number of fused-ring (bicyclic) bond motifs is 1. The van der Waals surface area contributed by atoms with Crippen molar-refractivity contribution in [2.75, 3.05) is 0 Å². The molecule has 0 aliphatic carbocycles. The highest BCUT2D eigenvalue weighted by atomic mass is 79.9. The number of imidazole rings is 1. The molecular formula is C12H6BrN3O. The fourth-order valence-electron chi connectivity index (χ4n) is 1.74. The average molecular weight is 288 g/mol. The van der Waals surface area contributed by atoms with Gasteiger partial charge in [-0.1, -0.05) is 6.07 Å². The van der Waals surface area contributed by atoms with Gasteiger partial charge in [-0.25, -0.2) is 4.98 Å². The summed E-state index contributed by atoms with van der Waals surface area (Å²) in [6, 6.07) is 11.3. The molecule has 0 aliphatic rings. The van der Waals surface area contributed by atoms with E-state index < -0.39 is 0 Å². The normalized spacial score (nSPS) is 10.6. The van der Waals surface area contributed by atoms with E-state index in [2.05, 4.69) is 27.0 Å². The fraction of sp³-hybridized carbons (Fsp3) is 0. The second-order valence-electron chi connectivity index (χ2n) is 3.44. The predicted octanol–water partition coefficient (Wildman–Crippen LogP) is 3.23. The van der Waals surface area contributed by atoms with Crippen molar-refractivity contribution in [2.45, 2.75) is 0 Å². The Hall–Kier alpha value is -2.06. The summed E-state index contributed by atoms with van der Waals surface area (Å²) in [5, 5.41) is 9.26. The molecule has 3 aromatic rings. The number of hydrogen-bond acceptors (Lipinski definition) is 3. The summed E-state index contributed by atoms with van der Waals surface area (Å²) < 4.78 is 7.83. The molecule has 0 aliphatic heterocycles. The van der Waals surface area contributed by atoms with Crippen molar-refractivity contribution in [3.63, 3.8) is 0 Å². The van der Waals surface area contributed by atoms with Crippen molar-refractivity contribution in [1.82, 2.24) is 9.38 Å². The smallest absolute Gasteiger partial charge is 0.156 e. The minimum atomic E-state index is 0.461. The van der Waals surface area contributed by atoms with Gasteiger partial charge in [-0.05, 0) is 40.2 Å². The van der Waals surface area contributed by atoms with E-state index in [-0.39, 0.29) is 0 Å². The van der Waals surface area contributed by atoms with Crippen LogP contribution in [0.3, 0.4) is 0 Å². The summed E-state index contributed by atoms with van der Waals surface area (Å²) in [7, 11) is 0. The van der Waals surface area contributed by atoms with Crippen LogP contribution in [-0.2, 0) is 0 Å². The predicted molar refractivity (Wildman–Crippen MR) is 65.3 cm³/mol. The number of furan rings is 1. The number of hydrogen-bond donors (Lipinski definition) is 0. The second-order valence-corrected chi connectivity index (χ2v) is 4.25. The Morgan fingerprint density at radius 3 is 2.88 bits per heavy atom. The summed E-state index contributed by atoms with van der Waals surface area (Å²) in [6.45, 7) is 0. The minimum absolute atomic E-state index is 0.461. The van der Waals surface area contributed by atoms with Crippen LogP contribution in [0, 0.1) is 11.3 Å². The topological polar surface area (TPSA) is 54.2 Å². The molecule has 0 atom stereocenters. The molecule has 0 fully saturated rings. The van der Waals surface area contributed by atoms with E-state index in [1.54, 1.807) is 22.8 Å². The van der Waals surface area contributed by atoms with Crippen LogP contribution in [-0.4, -0.2) is 9.38 Å². The van der Waals surface area contributed by atoms with Crippen molar-refractivity contribution < 1.29 is 4.42 Å². The quantitative estimate of drug-likeness (QED) is 0.646. The van der Waals surface area contributed by atoms with Crippen LogP contribution >= 0.6 is 15.9 Å². The molecule has 0 saturated carbocycles. The Morgan fingerprint density at radius 2 is 2.18 bits per heavy atom. The van der Waals surface area contributed by atoms with Crippen molar-refractivity contribution in [1.29, 1.82) is 5.26 Å². The van der Waals surface area contributed by atoms with Gasteiger partial charge in [0.25, 0.3) is 0 Å². The largest absolute Gasteiger partial charge is 0.463 e. The molecule has 0 bridgehead atoms. The molecule has 4 nitrogen and oxygen atoms in total. The first-order valence-electron chi connectivity index (χ1n) is 4.92. The molecule has 5 heteroatoms.